The van der Waals surface area contributed by atoms with E-state index >= 15 is 0 Å². The molecule has 1 aliphatic heterocycles. The Morgan fingerprint density at radius 3 is 2.68 bits per heavy atom. The summed E-state index contributed by atoms with van der Waals surface area (Å²) in [6, 6.07) is 6.90. The zero-order valence-electron chi connectivity index (χ0n) is 10.6. The summed E-state index contributed by atoms with van der Waals surface area (Å²) in [5.41, 5.74) is 1.77. The van der Waals surface area contributed by atoms with E-state index in [-0.39, 0.29) is 23.7 Å². The van der Waals surface area contributed by atoms with Gasteiger partial charge in [0.1, 0.15) is 0 Å². The number of rotatable bonds is 1. The summed E-state index contributed by atoms with van der Waals surface area (Å²) in [5.74, 6) is -0.586. The molecule has 1 aromatic rings. The quantitative estimate of drug-likeness (QED) is 0.583. The fourth-order valence-electron chi connectivity index (χ4n) is 2.91. The number of fused-ring (bicyclic) bond motifs is 1. The average molecular weight is 276 g/mol. The lowest BCUT2D eigenvalue weighted by Gasteiger charge is -2.18. The minimum atomic E-state index is -0.199. The molecule has 1 aromatic carbocycles. The maximum Gasteiger partial charge on any atom is 0.238 e. The highest BCUT2D eigenvalue weighted by molar-refractivity contribution is 6.31. The molecule has 0 saturated carbocycles. The van der Waals surface area contributed by atoms with Crippen molar-refractivity contribution in [1.29, 1.82) is 0 Å². The standard InChI is InChI=1S/C15H14ClNO2/c1-9-5-6-12-13(7-9)15(19)17(14(12)18)11-4-2-3-10(16)8-11/h2-5,8,12-13H,6-7H2,1H3/t12-,13-/m1/s1. The van der Waals surface area contributed by atoms with Crippen LogP contribution in [-0.2, 0) is 9.59 Å². The molecule has 3 rings (SSSR count). The second-order valence-electron chi connectivity index (χ2n) is 5.20. The predicted octanol–water partition coefficient (Wildman–Crippen LogP) is 3.19. The van der Waals surface area contributed by atoms with Gasteiger partial charge in [-0.1, -0.05) is 29.3 Å². The van der Waals surface area contributed by atoms with Crippen molar-refractivity contribution < 1.29 is 9.59 Å². The molecule has 0 N–H and O–H groups in total. The predicted molar refractivity (Wildman–Crippen MR) is 73.9 cm³/mol. The molecule has 1 heterocycles. The molecule has 1 fully saturated rings. The number of hydrogen-bond acceptors (Lipinski definition) is 2. The van der Waals surface area contributed by atoms with Crippen LogP contribution in [0.15, 0.2) is 35.9 Å². The summed E-state index contributed by atoms with van der Waals surface area (Å²) >= 11 is 5.94. The Bertz CT molecular complexity index is 594. The van der Waals surface area contributed by atoms with Gasteiger partial charge in [0, 0.05) is 5.02 Å². The number of allylic oxidation sites excluding steroid dienone is 2. The minimum Gasteiger partial charge on any atom is -0.274 e. The van der Waals surface area contributed by atoms with Gasteiger partial charge in [0.05, 0.1) is 17.5 Å². The van der Waals surface area contributed by atoms with Crippen LogP contribution in [0.2, 0.25) is 5.02 Å². The van der Waals surface area contributed by atoms with Gasteiger partial charge in [-0.3, -0.25) is 9.59 Å². The molecule has 2 atom stereocenters. The van der Waals surface area contributed by atoms with Crippen molar-refractivity contribution in [3.05, 3.63) is 40.9 Å². The van der Waals surface area contributed by atoms with E-state index in [4.69, 9.17) is 11.6 Å². The number of imide groups is 1. The van der Waals surface area contributed by atoms with Gasteiger partial charge in [-0.15, -0.1) is 0 Å². The number of anilines is 1. The lowest BCUT2D eigenvalue weighted by Crippen LogP contribution is -2.30. The first-order valence-electron chi connectivity index (χ1n) is 6.37. The molecule has 0 spiro atoms. The summed E-state index contributed by atoms with van der Waals surface area (Å²) in [5, 5.41) is 0.530. The van der Waals surface area contributed by atoms with Crippen LogP contribution in [0.1, 0.15) is 19.8 Å². The second-order valence-corrected chi connectivity index (χ2v) is 5.63. The number of benzene rings is 1. The highest BCUT2D eigenvalue weighted by Gasteiger charge is 2.48. The van der Waals surface area contributed by atoms with Crippen LogP contribution in [0.3, 0.4) is 0 Å². The third-order valence-corrected chi connectivity index (χ3v) is 4.12. The molecule has 0 unspecified atom stereocenters. The van der Waals surface area contributed by atoms with E-state index in [2.05, 4.69) is 6.08 Å². The normalized spacial score (nSPS) is 26.4. The molecule has 0 aromatic heterocycles. The van der Waals surface area contributed by atoms with Gasteiger partial charge < -0.3 is 0 Å². The van der Waals surface area contributed by atoms with Crippen molar-refractivity contribution in [3.63, 3.8) is 0 Å². The molecule has 2 amide bonds. The van der Waals surface area contributed by atoms with Crippen molar-refractivity contribution in [1.82, 2.24) is 0 Å². The molecular weight excluding hydrogens is 262 g/mol. The van der Waals surface area contributed by atoms with E-state index in [1.54, 1.807) is 24.3 Å². The number of halogens is 1. The van der Waals surface area contributed by atoms with Crippen molar-refractivity contribution in [3.8, 4) is 0 Å². The lowest BCUT2D eigenvalue weighted by molar-refractivity contribution is -0.122. The van der Waals surface area contributed by atoms with Crippen molar-refractivity contribution in [2.75, 3.05) is 4.90 Å². The first-order chi connectivity index (χ1) is 9.08. The molecular formula is C15H14ClNO2. The minimum absolute atomic E-state index is 0.0929. The molecule has 3 nitrogen and oxygen atoms in total. The molecule has 4 heteroatoms. The molecule has 1 saturated heterocycles. The maximum atomic E-state index is 12.4. The van der Waals surface area contributed by atoms with E-state index in [9.17, 15) is 9.59 Å². The molecule has 19 heavy (non-hydrogen) atoms. The molecule has 0 bridgehead atoms. The van der Waals surface area contributed by atoms with E-state index in [0.717, 1.165) is 0 Å². The summed E-state index contributed by atoms with van der Waals surface area (Å²) in [6.45, 7) is 2.01. The topological polar surface area (TPSA) is 37.4 Å². The number of amides is 2. The van der Waals surface area contributed by atoms with Crippen molar-refractivity contribution in [2.24, 2.45) is 11.8 Å². The summed E-state index contributed by atoms with van der Waals surface area (Å²) in [7, 11) is 0. The first-order valence-corrected chi connectivity index (χ1v) is 6.75. The largest absolute Gasteiger partial charge is 0.274 e. The molecule has 2 aliphatic rings. The highest BCUT2D eigenvalue weighted by atomic mass is 35.5. The smallest absolute Gasteiger partial charge is 0.238 e. The number of nitrogens with zero attached hydrogens (tertiary/aromatic N) is 1. The van der Waals surface area contributed by atoms with Gasteiger partial charge in [-0.25, -0.2) is 4.90 Å². The van der Waals surface area contributed by atoms with Gasteiger partial charge in [0.2, 0.25) is 11.8 Å². The molecule has 1 aliphatic carbocycles. The van der Waals surface area contributed by atoms with Crippen LogP contribution in [0, 0.1) is 11.8 Å². The van der Waals surface area contributed by atoms with Crippen LogP contribution in [0.4, 0.5) is 5.69 Å². The SMILES string of the molecule is CC1=CC[C@H]2C(=O)N(c3cccc(Cl)c3)C(=O)[C@@H]2C1. The van der Waals surface area contributed by atoms with Gasteiger partial charge in [-0.2, -0.15) is 0 Å². The third-order valence-electron chi connectivity index (χ3n) is 3.89. The van der Waals surface area contributed by atoms with Crippen LogP contribution < -0.4 is 4.90 Å². The molecule has 98 valence electrons. The van der Waals surface area contributed by atoms with Crippen LogP contribution in [-0.4, -0.2) is 11.8 Å². The summed E-state index contributed by atoms with van der Waals surface area (Å²) < 4.78 is 0. The van der Waals surface area contributed by atoms with Crippen LogP contribution in [0.5, 0.6) is 0 Å². The van der Waals surface area contributed by atoms with E-state index in [1.807, 2.05) is 6.92 Å². The van der Waals surface area contributed by atoms with Crippen molar-refractivity contribution in [2.45, 2.75) is 19.8 Å². The fourth-order valence-corrected chi connectivity index (χ4v) is 3.09. The Kier molecular flexibility index (Phi) is 2.94. The Labute approximate surface area is 116 Å². The van der Waals surface area contributed by atoms with E-state index in [1.165, 1.54) is 10.5 Å². The summed E-state index contributed by atoms with van der Waals surface area (Å²) in [6.07, 6.45) is 3.41. The zero-order valence-corrected chi connectivity index (χ0v) is 11.4. The lowest BCUT2D eigenvalue weighted by atomic mass is 9.82. The average Bonchev–Trinajstić information content (AvgIpc) is 2.61. The van der Waals surface area contributed by atoms with E-state index in [0.29, 0.717) is 23.6 Å². The Morgan fingerprint density at radius 2 is 1.95 bits per heavy atom. The van der Waals surface area contributed by atoms with E-state index < -0.39 is 0 Å². The van der Waals surface area contributed by atoms with Gasteiger partial charge >= 0.3 is 0 Å². The monoisotopic (exact) mass is 275 g/mol. The number of hydrogen-bond donors (Lipinski definition) is 0. The second kappa shape index (κ2) is 4.49. The molecule has 0 radical (unpaired) electrons. The Hall–Kier alpha value is -1.61. The first kappa shape index (κ1) is 12.4. The Balaban J connectivity index is 1.97. The van der Waals surface area contributed by atoms with Crippen molar-refractivity contribution >= 4 is 29.1 Å². The number of carbonyl (C=O) groups excluding carboxylic acids is 2. The number of carbonyl (C=O) groups is 2. The van der Waals surface area contributed by atoms with Gasteiger partial charge in [-0.05, 0) is 38.0 Å². The third kappa shape index (κ3) is 1.98. The summed E-state index contributed by atoms with van der Waals surface area (Å²) in [4.78, 5) is 26.1. The fraction of sp³-hybridized carbons (Fsp3) is 0.333. The van der Waals surface area contributed by atoms with Gasteiger partial charge in [0.25, 0.3) is 0 Å². The van der Waals surface area contributed by atoms with Crippen LogP contribution >= 0.6 is 11.6 Å². The zero-order chi connectivity index (χ0) is 13.6. The van der Waals surface area contributed by atoms with Crippen LogP contribution in [0.25, 0.3) is 0 Å². The maximum absolute atomic E-state index is 12.4. The Morgan fingerprint density at radius 1 is 1.21 bits per heavy atom. The van der Waals surface area contributed by atoms with Gasteiger partial charge in [0.15, 0.2) is 0 Å². The highest BCUT2D eigenvalue weighted by Crippen LogP contribution is 2.39.